The molecule has 0 saturated carbocycles. The minimum Gasteiger partial charge on any atom is -0.356 e. The Labute approximate surface area is 110 Å². The van der Waals surface area contributed by atoms with Crippen molar-refractivity contribution < 1.29 is 4.79 Å². The summed E-state index contributed by atoms with van der Waals surface area (Å²) in [5.74, 6) is 0.0431. The van der Waals surface area contributed by atoms with Gasteiger partial charge < -0.3 is 11.1 Å². The fraction of sp³-hybridized carbons (Fsp3) is 0.364. The maximum Gasteiger partial charge on any atom is 0.224 e. The molecule has 0 spiro atoms. The van der Waals surface area contributed by atoms with Gasteiger partial charge in [0.25, 0.3) is 0 Å². The Morgan fingerprint density at radius 1 is 1.44 bits per heavy atom. The van der Waals surface area contributed by atoms with Gasteiger partial charge in [-0.2, -0.15) is 0 Å². The van der Waals surface area contributed by atoms with Crippen molar-refractivity contribution in [3.63, 3.8) is 0 Å². The third-order valence-corrected chi connectivity index (χ3v) is 2.45. The lowest BCUT2D eigenvalue weighted by Crippen LogP contribution is -2.27. The maximum absolute atomic E-state index is 11.4. The van der Waals surface area contributed by atoms with E-state index in [9.17, 15) is 4.79 Å². The van der Waals surface area contributed by atoms with Crippen molar-refractivity contribution in [2.45, 2.75) is 12.8 Å². The molecule has 0 aliphatic carbocycles. The Balaban J connectivity index is 0.00000225. The highest BCUT2D eigenvalue weighted by atomic mass is 79.9. The average Bonchev–Trinajstić information content (AvgIpc) is 2.18. The van der Waals surface area contributed by atoms with E-state index in [2.05, 4.69) is 21.2 Å². The van der Waals surface area contributed by atoms with Crippen LogP contribution in [0, 0.1) is 0 Å². The van der Waals surface area contributed by atoms with Crippen molar-refractivity contribution >= 4 is 34.2 Å². The number of halogens is 2. The lowest BCUT2D eigenvalue weighted by atomic mass is 10.1. The van der Waals surface area contributed by atoms with Gasteiger partial charge in [0, 0.05) is 11.0 Å². The predicted molar refractivity (Wildman–Crippen MR) is 71.8 cm³/mol. The molecule has 0 bridgehead atoms. The second-order valence-electron chi connectivity index (χ2n) is 3.30. The third kappa shape index (κ3) is 6.10. The Bertz CT molecular complexity index is 334. The van der Waals surface area contributed by atoms with Crippen LogP contribution in [0.4, 0.5) is 0 Å². The van der Waals surface area contributed by atoms with E-state index in [4.69, 9.17) is 5.73 Å². The Morgan fingerprint density at radius 3 is 2.81 bits per heavy atom. The first kappa shape index (κ1) is 15.4. The lowest BCUT2D eigenvalue weighted by molar-refractivity contribution is -0.120. The van der Waals surface area contributed by atoms with Crippen LogP contribution in [0.2, 0.25) is 0 Å². The third-order valence-electron chi connectivity index (χ3n) is 1.96. The molecule has 1 aromatic rings. The quantitative estimate of drug-likeness (QED) is 0.816. The van der Waals surface area contributed by atoms with Crippen LogP contribution in [0.15, 0.2) is 28.7 Å². The zero-order chi connectivity index (χ0) is 11.1. The minimum atomic E-state index is 0. The first-order chi connectivity index (χ1) is 7.22. The summed E-state index contributed by atoms with van der Waals surface area (Å²) in [6.45, 7) is 1.26. The van der Waals surface area contributed by atoms with Gasteiger partial charge in [-0.3, -0.25) is 4.79 Å². The van der Waals surface area contributed by atoms with Crippen LogP contribution in [0.25, 0.3) is 0 Å². The highest BCUT2D eigenvalue weighted by Crippen LogP contribution is 2.11. The largest absolute Gasteiger partial charge is 0.356 e. The standard InChI is InChI=1S/C11H15BrN2O.ClH/c12-10-4-1-3-9(7-10)8-11(15)14-6-2-5-13;/h1,3-4,7H,2,5-6,8,13H2,(H,14,15);1H. The minimum absolute atomic E-state index is 0. The highest BCUT2D eigenvalue weighted by Gasteiger charge is 2.02. The molecule has 0 aromatic heterocycles. The van der Waals surface area contributed by atoms with Gasteiger partial charge in [-0.25, -0.2) is 0 Å². The summed E-state index contributed by atoms with van der Waals surface area (Å²) in [5.41, 5.74) is 6.34. The van der Waals surface area contributed by atoms with Gasteiger partial charge >= 0.3 is 0 Å². The molecule has 1 amide bonds. The molecule has 1 rings (SSSR count). The maximum atomic E-state index is 11.4. The number of benzene rings is 1. The Kier molecular flexibility index (Phi) is 8.25. The van der Waals surface area contributed by atoms with Crippen LogP contribution >= 0.6 is 28.3 Å². The monoisotopic (exact) mass is 306 g/mol. The van der Waals surface area contributed by atoms with Crippen molar-refractivity contribution in [3.05, 3.63) is 34.3 Å². The fourth-order valence-corrected chi connectivity index (χ4v) is 1.67. The van der Waals surface area contributed by atoms with Crippen molar-refractivity contribution in [2.75, 3.05) is 13.1 Å². The van der Waals surface area contributed by atoms with E-state index in [1.54, 1.807) is 0 Å². The molecule has 1 aromatic carbocycles. The Morgan fingerprint density at radius 2 is 2.19 bits per heavy atom. The molecular formula is C11H16BrClN2O. The molecule has 3 nitrogen and oxygen atoms in total. The summed E-state index contributed by atoms with van der Waals surface area (Å²) in [6.07, 6.45) is 1.24. The second kappa shape index (κ2) is 8.56. The smallest absolute Gasteiger partial charge is 0.224 e. The zero-order valence-electron chi connectivity index (χ0n) is 8.91. The van der Waals surface area contributed by atoms with Gasteiger partial charge in [-0.15, -0.1) is 12.4 Å². The molecule has 0 saturated heterocycles. The summed E-state index contributed by atoms with van der Waals surface area (Å²) >= 11 is 3.37. The normalized spacial score (nSPS) is 9.38. The molecule has 90 valence electrons. The van der Waals surface area contributed by atoms with Crippen molar-refractivity contribution in [1.29, 1.82) is 0 Å². The average molecular weight is 308 g/mol. The van der Waals surface area contributed by atoms with Crippen LogP contribution in [0.3, 0.4) is 0 Å². The van der Waals surface area contributed by atoms with E-state index in [1.165, 1.54) is 0 Å². The van der Waals surface area contributed by atoms with Gasteiger partial charge in [-0.05, 0) is 30.7 Å². The first-order valence-corrected chi connectivity index (χ1v) is 5.73. The number of nitrogens with one attached hydrogen (secondary N) is 1. The number of hydrogen-bond acceptors (Lipinski definition) is 2. The molecule has 0 aliphatic rings. The van der Waals surface area contributed by atoms with Gasteiger partial charge in [-0.1, -0.05) is 28.1 Å². The van der Waals surface area contributed by atoms with E-state index in [1.807, 2.05) is 24.3 Å². The van der Waals surface area contributed by atoms with E-state index >= 15 is 0 Å². The van der Waals surface area contributed by atoms with Crippen molar-refractivity contribution in [1.82, 2.24) is 5.32 Å². The van der Waals surface area contributed by atoms with E-state index in [-0.39, 0.29) is 18.3 Å². The summed E-state index contributed by atoms with van der Waals surface area (Å²) in [6, 6.07) is 7.75. The van der Waals surface area contributed by atoms with Gasteiger partial charge in [0.1, 0.15) is 0 Å². The molecular weight excluding hydrogens is 291 g/mol. The number of carbonyl (C=O) groups is 1. The SMILES string of the molecule is Cl.NCCCNC(=O)Cc1cccc(Br)c1. The van der Waals surface area contributed by atoms with Gasteiger partial charge in [0.05, 0.1) is 6.42 Å². The molecule has 0 atom stereocenters. The Hall–Kier alpha value is -0.580. The number of amides is 1. The van der Waals surface area contributed by atoms with E-state index < -0.39 is 0 Å². The number of hydrogen-bond donors (Lipinski definition) is 2. The van der Waals surface area contributed by atoms with Gasteiger partial charge in [0.2, 0.25) is 5.91 Å². The summed E-state index contributed by atoms with van der Waals surface area (Å²) < 4.78 is 0.995. The topological polar surface area (TPSA) is 55.1 Å². The van der Waals surface area contributed by atoms with Crippen LogP contribution in [-0.2, 0) is 11.2 Å². The molecule has 3 N–H and O–H groups in total. The number of rotatable bonds is 5. The van der Waals surface area contributed by atoms with E-state index in [0.717, 1.165) is 16.5 Å². The van der Waals surface area contributed by atoms with Crippen LogP contribution in [0.5, 0.6) is 0 Å². The zero-order valence-corrected chi connectivity index (χ0v) is 11.3. The van der Waals surface area contributed by atoms with Crippen molar-refractivity contribution in [3.8, 4) is 0 Å². The summed E-state index contributed by atoms with van der Waals surface area (Å²) in [5, 5.41) is 2.82. The van der Waals surface area contributed by atoms with Crippen LogP contribution < -0.4 is 11.1 Å². The van der Waals surface area contributed by atoms with Crippen LogP contribution in [-0.4, -0.2) is 19.0 Å². The van der Waals surface area contributed by atoms with Crippen LogP contribution in [0.1, 0.15) is 12.0 Å². The molecule has 0 heterocycles. The van der Waals surface area contributed by atoms with E-state index in [0.29, 0.717) is 19.5 Å². The molecule has 0 aliphatic heterocycles. The number of nitrogens with two attached hydrogens (primary N) is 1. The molecule has 0 radical (unpaired) electrons. The van der Waals surface area contributed by atoms with Gasteiger partial charge in [0.15, 0.2) is 0 Å². The predicted octanol–water partition coefficient (Wildman–Crippen LogP) is 1.88. The summed E-state index contributed by atoms with van der Waals surface area (Å²) in [4.78, 5) is 11.4. The molecule has 5 heteroatoms. The highest BCUT2D eigenvalue weighted by molar-refractivity contribution is 9.10. The molecule has 0 unspecified atom stereocenters. The number of carbonyl (C=O) groups excluding carboxylic acids is 1. The molecule has 16 heavy (non-hydrogen) atoms. The summed E-state index contributed by atoms with van der Waals surface area (Å²) in [7, 11) is 0. The lowest BCUT2D eigenvalue weighted by Gasteiger charge is -2.04. The second-order valence-corrected chi connectivity index (χ2v) is 4.21. The fourth-order valence-electron chi connectivity index (χ4n) is 1.22. The molecule has 0 fully saturated rings. The first-order valence-electron chi connectivity index (χ1n) is 4.93. The van der Waals surface area contributed by atoms with Crippen molar-refractivity contribution in [2.24, 2.45) is 5.73 Å².